The van der Waals surface area contributed by atoms with Crippen LogP contribution in [0, 0.1) is 5.92 Å². The molecule has 92 valence electrons. The van der Waals surface area contributed by atoms with Crippen molar-refractivity contribution < 1.29 is 9.15 Å². The Morgan fingerprint density at radius 1 is 1.44 bits per heavy atom. The second kappa shape index (κ2) is 6.71. The van der Waals surface area contributed by atoms with Crippen LogP contribution in [-0.2, 0) is 4.74 Å². The molecule has 0 aliphatic rings. The fourth-order valence-electron chi connectivity index (χ4n) is 1.79. The lowest BCUT2D eigenvalue weighted by atomic mass is 10.1. The molecule has 0 aliphatic heterocycles. The predicted octanol–water partition coefficient (Wildman–Crippen LogP) is 3.12. The average Bonchev–Trinajstić information content (AvgIpc) is 2.71. The van der Waals surface area contributed by atoms with Crippen LogP contribution >= 0.6 is 0 Å². The van der Waals surface area contributed by atoms with Gasteiger partial charge in [-0.25, -0.2) is 0 Å². The molecule has 3 heteroatoms. The van der Waals surface area contributed by atoms with Gasteiger partial charge in [0.25, 0.3) is 0 Å². The van der Waals surface area contributed by atoms with Gasteiger partial charge < -0.3 is 14.9 Å². The minimum atomic E-state index is -0.130. The van der Waals surface area contributed by atoms with E-state index in [1.165, 1.54) is 12.8 Å². The van der Waals surface area contributed by atoms with Gasteiger partial charge in [0.05, 0.1) is 12.9 Å². The maximum absolute atomic E-state index is 5.90. The first-order valence-electron chi connectivity index (χ1n) is 6.05. The number of nitrogens with two attached hydrogens (primary N) is 1. The lowest BCUT2D eigenvalue weighted by molar-refractivity contribution is 0.00470. The molecule has 0 radical (unpaired) electrons. The lowest BCUT2D eigenvalue weighted by Crippen LogP contribution is -2.28. The highest BCUT2D eigenvalue weighted by atomic mass is 16.5. The van der Waals surface area contributed by atoms with Crippen LogP contribution in [0.25, 0.3) is 0 Å². The molecule has 0 saturated carbocycles. The summed E-state index contributed by atoms with van der Waals surface area (Å²) in [5.41, 5.74) is 5.90. The summed E-state index contributed by atoms with van der Waals surface area (Å²) >= 11 is 0. The standard InChI is InChI=1S/C13H23NO2/c1-4-6-10(2)9-16-13(11(3)14)12-7-5-8-15-12/h5,7-8,10-11,13H,4,6,9,14H2,1-3H3. The van der Waals surface area contributed by atoms with Gasteiger partial charge in [0, 0.05) is 6.04 Å². The summed E-state index contributed by atoms with van der Waals surface area (Å²) in [6.45, 7) is 7.06. The Kier molecular flexibility index (Phi) is 5.56. The van der Waals surface area contributed by atoms with Gasteiger partial charge in [-0.3, -0.25) is 0 Å². The Bertz CT molecular complexity index is 269. The molecule has 3 unspecified atom stereocenters. The fraction of sp³-hybridized carbons (Fsp3) is 0.692. The Labute approximate surface area is 98.0 Å². The van der Waals surface area contributed by atoms with E-state index in [1.807, 2.05) is 19.1 Å². The van der Waals surface area contributed by atoms with Crippen LogP contribution in [0.5, 0.6) is 0 Å². The van der Waals surface area contributed by atoms with Crippen molar-refractivity contribution in [3.8, 4) is 0 Å². The minimum Gasteiger partial charge on any atom is -0.467 e. The topological polar surface area (TPSA) is 48.4 Å². The van der Waals surface area contributed by atoms with Gasteiger partial charge in [-0.1, -0.05) is 20.3 Å². The molecule has 1 aromatic heterocycles. The molecule has 16 heavy (non-hydrogen) atoms. The van der Waals surface area contributed by atoms with Crippen LogP contribution in [0.3, 0.4) is 0 Å². The van der Waals surface area contributed by atoms with E-state index in [4.69, 9.17) is 14.9 Å². The Morgan fingerprint density at radius 2 is 2.19 bits per heavy atom. The third-order valence-electron chi connectivity index (χ3n) is 2.64. The van der Waals surface area contributed by atoms with Gasteiger partial charge in [0.2, 0.25) is 0 Å². The van der Waals surface area contributed by atoms with Gasteiger partial charge in [-0.15, -0.1) is 0 Å². The smallest absolute Gasteiger partial charge is 0.134 e. The SMILES string of the molecule is CCCC(C)COC(c1ccco1)C(C)N. The predicted molar refractivity (Wildman–Crippen MR) is 65.1 cm³/mol. The van der Waals surface area contributed by atoms with Crippen molar-refractivity contribution in [2.45, 2.75) is 45.8 Å². The molecule has 1 rings (SSSR count). The van der Waals surface area contributed by atoms with Crippen molar-refractivity contribution in [2.75, 3.05) is 6.61 Å². The summed E-state index contributed by atoms with van der Waals surface area (Å²) in [6.07, 6.45) is 3.90. The molecule has 0 aliphatic carbocycles. The van der Waals surface area contributed by atoms with E-state index in [2.05, 4.69) is 13.8 Å². The highest BCUT2D eigenvalue weighted by molar-refractivity contribution is 5.04. The van der Waals surface area contributed by atoms with E-state index in [0.29, 0.717) is 5.92 Å². The van der Waals surface area contributed by atoms with Crippen LogP contribution in [0.4, 0.5) is 0 Å². The first kappa shape index (κ1) is 13.3. The summed E-state index contributed by atoms with van der Waals surface area (Å²) in [7, 11) is 0. The van der Waals surface area contributed by atoms with E-state index in [0.717, 1.165) is 12.4 Å². The highest BCUT2D eigenvalue weighted by Gasteiger charge is 2.20. The second-order valence-corrected chi connectivity index (χ2v) is 4.52. The molecule has 3 atom stereocenters. The molecule has 0 fully saturated rings. The summed E-state index contributed by atoms with van der Waals surface area (Å²) in [5.74, 6) is 1.39. The van der Waals surface area contributed by atoms with Gasteiger partial charge in [0.15, 0.2) is 0 Å². The van der Waals surface area contributed by atoms with Crippen molar-refractivity contribution in [3.63, 3.8) is 0 Å². The number of rotatable bonds is 7. The van der Waals surface area contributed by atoms with Crippen LogP contribution < -0.4 is 5.73 Å². The van der Waals surface area contributed by atoms with Crippen molar-refractivity contribution in [3.05, 3.63) is 24.2 Å². The summed E-state index contributed by atoms with van der Waals surface area (Å²) < 4.78 is 11.2. The molecule has 2 N–H and O–H groups in total. The Balaban J connectivity index is 2.47. The molecule has 0 amide bonds. The van der Waals surface area contributed by atoms with E-state index < -0.39 is 0 Å². The largest absolute Gasteiger partial charge is 0.467 e. The number of ether oxygens (including phenoxy) is 1. The third-order valence-corrected chi connectivity index (χ3v) is 2.64. The molecule has 0 bridgehead atoms. The molecule has 0 spiro atoms. The maximum atomic E-state index is 5.90. The normalized spacial score (nSPS) is 17.0. The first-order chi connectivity index (χ1) is 7.65. The minimum absolute atomic E-state index is 0.0556. The first-order valence-corrected chi connectivity index (χ1v) is 6.05. The zero-order valence-corrected chi connectivity index (χ0v) is 10.5. The van der Waals surface area contributed by atoms with E-state index in [1.54, 1.807) is 6.26 Å². The van der Waals surface area contributed by atoms with E-state index in [9.17, 15) is 0 Å². The average molecular weight is 225 g/mol. The van der Waals surface area contributed by atoms with Crippen molar-refractivity contribution in [2.24, 2.45) is 11.7 Å². The molecular formula is C13H23NO2. The van der Waals surface area contributed by atoms with Crippen LogP contribution in [-0.4, -0.2) is 12.6 Å². The Hall–Kier alpha value is -0.800. The quantitative estimate of drug-likeness (QED) is 0.775. The van der Waals surface area contributed by atoms with Gasteiger partial charge in [0.1, 0.15) is 11.9 Å². The highest BCUT2D eigenvalue weighted by Crippen LogP contribution is 2.22. The molecular weight excluding hydrogens is 202 g/mol. The maximum Gasteiger partial charge on any atom is 0.134 e. The summed E-state index contributed by atoms with van der Waals surface area (Å²) in [5, 5.41) is 0. The third kappa shape index (κ3) is 3.99. The van der Waals surface area contributed by atoms with Gasteiger partial charge >= 0.3 is 0 Å². The van der Waals surface area contributed by atoms with Crippen molar-refractivity contribution >= 4 is 0 Å². The van der Waals surface area contributed by atoms with Crippen LogP contribution in [0.2, 0.25) is 0 Å². The molecule has 0 aromatic carbocycles. The number of furan rings is 1. The van der Waals surface area contributed by atoms with Crippen molar-refractivity contribution in [1.29, 1.82) is 0 Å². The lowest BCUT2D eigenvalue weighted by Gasteiger charge is -2.21. The summed E-state index contributed by atoms with van der Waals surface area (Å²) in [4.78, 5) is 0. The van der Waals surface area contributed by atoms with Gasteiger partial charge in [-0.2, -0.15) is 0 Å². The Morgan fingerprint density at radius 3 is 2.69 bits per heavy atom. The molecule has 1 aromatic rings. The molecule has 0 saturated heterocycles. The zero-order valence-electron chi connectivity index (χ0n) is 10.5. The summed E-state index contributed by atoms with van der Waals surface area (Å²) in [6, 6.07) is 3.72. The number of hydrogen-bond donors (Lipinski definition) is 1. The molecule has 3 nitrogen and oxygen atoms in total. The fourth-order valence-corrected chi connectivity index (χ4v) is 1.79. The number of hydrogen-bond acceptors (Lipinski definition) is 3. The van der Waals surface area contributed by atoms with Crippen molar-refractivity contribution in [1.82, 2.24) is 0 Å². The second-order valence-electron chi connectivity index (χ2n) is 4.52. The van der Waals surface area contributed by atoms with Crippen LogP contribution in [0.1, 0.15) is 45.5 Å². The zero-order chi connectivity index (χ0) is 12.0. The molecule has 1 heterocycles. The monoisotopic (exact) mass is 225 g/mol. The van der Waals surface area contributed by atoms with E-state index >= 15 is 0 Å². The van der Waals surface area contributed by atoms with E-state index in [-0.39, 0.29) is 12.1 Å². The van der Waals surface area contributed by atoms with Crippen LogP contribution in [0.15, 0.2) is 22.8 Å². The van der Waals surface area contributed by atoms with Gasteiger partial charge in [-0.05, 0) is 31.4 Å².